The van der Waals surface area contributed by atoms with Crippen molar-refractivity contribution in [2.75, 3.05) is 6.54 Å². The molecule has 1 aromatic heterocycles. The van der Waals surface area contributed by atoms with Gasteiger partial charge in [-0.1, -0.05) is 19.6 Å². The van der Waals surface area contributed by atoms with Crippen LogP contribution < -0.4 is 5.32 Å². The minimum Gasteiger partial charge on any atom is -0.354 e. The van der Waals surface area contributed by atoms with Crippen molar-refractivity contribution in [1.29, 1.82) is 0 Å². The molecule has 0 saturated heterocycles. The number of hydrogen-bond acceptors (Lipinski definition) is 2. The molecule has 100 valence electrons. The molecule has 0 saturated carbocycles. The van der Waals surface area contributed by atoms with Gasteiger partial charge in [0.2, 0.25) is 0 Å². The van der Waals surface area contributed by atoms with E-state index < -0.39 is 0 Å². The van der Waals surface area contributed by atoms with Gasteiger partial charge in [0, 0.05) is 23.7 Å². The summed E-state index contributed by atoms with van der Waals surface area (Å²) >= 11 is 0. The number of aromatic amines is 1. The second-order valence-corrected chi connectivity index (χ2v) is 4.92. The first-order valence-corrected chi connectivity index (χ1v) is 6.31. The Bertz CT molecular complexity index is 594. The van der Waals surface area contributed by atoms with Crippen molar-refractivity contribution in [3.63, 3.8) is 0 Å². The lowest BCUT2D eigenvalue weighted by molar-refractivity contribution is -0.113. The van der Waals surface area contributed by atoms with Gasteiger partial charge < -0.3 is 10.3 Å². The summed E-state index contributed by atoms with van der Waals surface area (Å²) in [6.07, 6.45) is 3.36. The molecular formula is C15H18N2O2. The molecule has 1 atom stereocenters. The molecule has 0 bridgehead atoms. The van der Waals surface area contributed by atoms with E-state index >= 15 is 0 Å². The minimum absolute atomic E-state index is 0.0303. The second kappa shape index (κ2) is 4.88. The Morgan fingerprint density at radius 2 is 2.16 bits per heavy atom. The van der Waals surface area contributed by atoms with Crippen LogP contribution in [0.5, 0.6) is 0 Å². The zero-order valence-corrected chi connectivity index (χ0v) is 11.5. The third-order valence-electron chi connectivity index (χ3n) is 3.49. The van der Waals surface area contributed by atoms with Crippen LogP contribution in [0.1, 0.15) is 47.1 Å². The maximum atomic E-state index is 11.8. The monoisotopic (exact) mass is 258 g/mol. The second-order valence-electron chi connectivity index (χ2n) is 4.92. The van der Waals surface area contributed by atoms with Gasteiger partial charge in [0.1, 0.15) is 5.69 Å². The fourth-order valence-electron chi connectivity index (χ4n) is 2.43. The number of aromatic nitrogens is 1. The average molecular weight is 258 g/mol. The summed E-state index contributed by atoms with van der Waals surface area (Å²) in [6, 6.07) is 0. The van der Waals surface area contributed by atoms with Crippen molar-refractivity contribution in [3.8, 4) is 0 Å². The number of hydrogen-bond donors (Lipinski definition) is 2. The van der Waals surface area contributed by atoms with Crippen molar-refractivity contribution < 1.29 is 9.59 Å². The summed E-state index contributed by atoms with van der Waals surface area (Å²) in [5, 5.41) is 2.84. The quantitative estimate of drug-likeness (QED) is 0.645. The van der Waals surface area contributed by atoms with Crippen LogP contribution in [0, 0.1) is 6.92 Å². The van der Waals surface area contributed by atoms with E-state index in [1.165, 1.54) is 6.92 Å². The number of aryl methyl sites for hydroxylation is 1. The highest BCUT2D eigenvalue weighted by atomic mass is 16.2. The number of carbonyl (C=O) groups excluding carboxylic acids is 2. The van der Waals surface area contributed by atoms with E-state index in [1.54, 1.807) is 6.08 Å². The predicted molar refractivity (Wildman–Crippen MR) is 75.1 cm³/mol. The normalized spacial score (nSPS) is 18.8. The van der Waals surface area contributed by atoms with E-state index in [4.69, 9.17) is 0 Å². The van der Waals surface area contributed by atoms with Crippen LogP contribution in [0.2, 0.25) is 0 Å². The van der Waals surface area contributed by atoms with Crippen molar-refractivity contribution in [1.82, 2.24) is 10.3 Å². The van der Waals surface area contributed by atoms with Gasteiger partial charge in [-0.25, -0.2) is 0 Å². The molecule has 1 aromatic rings. The predicted octanol–water partition coefficient (Wildman–Crippen LogP) is 2.33. The summed E-state index contributed by atoms with van der Waals surface area (Å²) < 4.78 is 0. The molecule has 2 heterocycles. The fraction of sp³-hybridized carbons (Fsp3) is 0.333. The van der Waals surface area contributed by atoms with Crippen LogP contribution in [0.25, 0.3) is 6.08 Å². The molecule has 4 heteroatoms. The number of ketones is 1. The van der Waals surface area contributed by atoms with Crippen molar-refractivity contribution in [3.05, 3.63) is 40.7 Å². The average Bonchev–Trinajstić information content (AvgIpc) is 2.69. The first-order chi connectivity index (χ1) is 8.95. The molecular weight excluding hydrogens is 240 g/mol. The van der Waals surface area contributed by atoms with Gasteiger partial charge in [0.05, 0.1) is 0 Å². The van der Waals surface area contributed by atoms with E-state index in [1.807, 2.05) is 13.0 Å². The van der Waals surface area contributed by atoms with Crippen molar-refractivity contribution in [2.24, 2.45) is 0 Å². The number of amides is 1. The lowest BCUT2D eigenvalue weighted by Crippen LogP contribution is -2.34. The molecule has 1 aliphatic rings. The summed E-state index contributed by atoms with van der Waals surface area (Å²) in [6.45, 7) is 9.76. The van der Waals surface area contributed by atoms with Crippen LogP contribution in [0.15, 0.2) is 18.2 Å². The number of allylic oxidation sites excluding steroid dienone is 2. The van der Waals surface area contributed by atoms with Crippen LogP contribution in [0.4, 0.5) is 0 Å². The Hall–Kier alpha value is -2.10. The molecule has 0 spiro atoms. The molecule has 19 heavy (non-hydrogen) atoms. The Labute approximate surface area is 112 Å². The lowest BCUT2D eigenvalue weighted by atomic mass is 9.91. The molecule has 0 aliphatic carbocycles. The summed E-state index contributed by atoms with van der Waals surface area (Å²) in [7, 11) is 0. The van der Waals surface area contributed by atoms with Crippen LogP contribution >= 0.6 is 0 Å². The Morgan fingerprint density at radius 3 is 2.74 bits per heavy atom. The first-order valence-electron chi connectivity index (χ1n) is 6.31. The largest absolute Gasteiger partial charge is 0.354 e. The Balaban J connectivity index is 2.62. The number of rotatable bonds is 3. The van der Waals surface area contributed by atoms with Gasteiger partial charge in [0.15, 0.2) is 5.78 Å². The number of nitrogens with one attached hydrogen (secondary N) is 2. The van der Waals surface area contributed by atoms with Gasteiger partial charge in [-0.2, -0.15) is 0 Å². The van der Waals surface area contributed by atoms with Gasteiger partial charge in [-0.3, -0.25) is 9.59 Å². The van der Waals surface area contributed by atoms with E-state index in [2.05, 4.69) is 23.8 Å². The highest BCUT2D eigenvalue weighted by molar-refractivity contribution is 6.02. The summed E-state index contributed by atoms with van der Waals surface area (Å²) in [5.41, 5.74) is 3.98. The van der Waals surface area contributed by atoms with Crippen molar-refractivity contribution in [2.45, 2.75) is 26.7 Å². The molecule has 1 amide bonds. The van der Waals surface area contributed by atoms with Crippen molar-refractivity contribution >= 4 is 17.8 Å². The highest BCUT2D eigenvalue weighted by Gasteiger charge is 2.28. The van der Waals surface area contributed by atoms with Crippen LogP contribution in [0.3, 0.4) is 0 Å². The Kier molecular flexibility index (Phi) is 3.42. The van der Waals surface area contributed by atoms with E-state index in [9.17, 15) is 9.59 Å². The molecule has 0 aromatic carbocycles. The zero-order chi connectivity index (χ0) is 14.2. The third kappa shape index (κ3) is 2.26. The van der Waals surface area contributed by atoms with E-state index in [-0.39, 0.29) is 17.6 Å². The molecule has 2 rings (SSSR count). The standard InChI is InChI=1S/C15H18N2O2/c1-5-11(10(4)18)6-12-9(3)17-14-13(12)8(2)7-16-15(14)19/h5-6,8,17H,1,7H2,2-4H3,(H,16,19)/b11-6+. The molecule has 0 fully saturated rings. The molecule has 0 radical (unpaired) electrons. The van der Waals surface area contributed by atoms with E-state index in [0.29, 0.717) is 17.8 Å². The van der Waals surface area contributed by atoms with E-state index in [0.717, 1.165) is 16.8 Å². The minimum atomic E-state index is -0.0844. The topological polar surface area (TPSA) is 62.0 Å². The summed E-state index contributed by atoms with van der Waals surface area (Å²) in [5.74, 6) is 0.109. The number of H-pyrrole nitrogens is 1. The molecule has 4 nitrogen and oxygen atoms in total. The summed E-state index contributed by atoms with van der Waals surface area (Å²) in [4.78, 5) is 26.4. The maximum Gasteiger partial charge on any atom is 0.268 e. The molecule has 2 N–H and O–H groups in total. The lowest BCUT2D eigenvalue weighted by Gasteiger charge is -2.20. The van der Waals surface area contributed by atoms with Gasteiger partial charge in [0.25, 0.3) is 5.91 Å². The Morgan fingerprint density at radius 1 is 1.47 bits per heavy atom. The van der Waals surface area contributed by atoms with Crippen LogP contribution in [-0.4, -0.2) is 23.2 Å². The maximum absolute atomic E-state index is 11.8. The number of Topliss-reactive ketones (excluding diaryl/α,β-unsaturated/α-hetero) is 1. The highest BCUT2D eigenvalue weighted by Crippen LogP contribution is 2.31. The first kappa shape index (κ1) is 13.3. The SMILES string of the molecule is C=C/C(=C\c1c(C)[nH]c2c1C(C)CNC2=O)C(C)=O. The third-order valence-corrected chi connectivity index (χ3v) is 3.49. The van der Waals surface area contributed by atoms with Crippen LogP contribution in [-0.2, 0) is 4.79 Å². The molecule has 1 unspecified atom stereocenters. The smallest absolute Gasteiger partial charge is 0.268 e. The number of carbonyl (C=O) groups is 2. The molecule has 1 aliphatic heterocycles. The number of fused-ring (bicyclic) bond motifs is 1. The van der Waals surface area contributed by atoms with Gasteiger partial charge >= 0.3 is 0 Å². The van der Waals surface area contributed by atoms with Gasteiger partial charge in [-0.05, 0) is 31.1 Å². The fourth-order valence-corrected chi connectivity index (χ4v) is 2.43. The zero-order valence-electron chi connectivity index (χ0n) is 11.5. The van der Waals surface area contributed by atoms with Gasteiger partial charge in [-0.15, -0.1) is 0 Å².